The second kappa shape index (κ2) is 3.58. The molecule has 12 heavy (non-hydrogen) atoms. The van der Waals surface area contributed by atoms with Gasteiger partial charge in [-0.25, -0.2) is 0 Å². The Morgan fingerprint density at radius 1 is 1.33 bits per heavy atom. The van der Waals surface area contributed by atoms with Gasteiger partial charge < -0.3 is 3.07 Å². The third kappa shape index (κ3) is 2.08. The zero-order valence-corrected chi connectivity index (χ0v) is 8.74. The standard InChI is InChI=1S/C6H5IO4S/c7-11-5-3-1-2-4-6(5)12(8,9)10/h1-4H,(H,8,9,10). The Morgan fingerprint density at radius 2 is 1.92 bits per heavy atom. The molecule has 1 rings (SSSR count). The maximum absolute atomic E-state index is 10.7. The molecule has 0 atom stereocenters. The van der Waals surface area contributed by atoms with Crippen molar-refractivity contribution in [2.75, 3.05) is 0 Å². The van der Waals surface area contributed by atoms with Crippen LogP contribution in [-0.2, 0) is 10.1 Å². The van der Waals surface area contributed by atoms with Crippen molar-refractivity contribution >= 4 is 33.1 Å². The van der Waals surface area contributed by atoms with Gasteiger partial charge in [0.15, 0.2) is 28.8 Å². The maximum Gasteiger partial charge on any atom is 0.298 e. The van der Waals surface area contributed by atoms with Crippen LogP contribution >= 0.6 is 23.0 Å². The molecule has 1 aromatic carbocycles. The molecule has 0 radical (unpaired) electrons. The lowest BCUT2D eigenvalue weighted by atomic mass is 10.3. The topological polar surface area (TPSA) is 63.6 Å². The molecule has 4 nitrogen and oxygen atoms in total. The highest BCUT2D eigenvalue weighted by Crippen LogP contribution is 2.24. The summed E-state index contributed by atoms with van der Waals surface area (Å²) in [5, 5.41) is 0. The summed E-state index contributed by atoms with van der Waals surface area (Å²) in [6.45, 7) is 0. The van der Waals surface area contributed by atoms with E-state index in [1.54, 1.807) is 29.1 Å². The second-order valence-corrected chi connectivity index (χ2v) is 3.83. The van der Waals surface area contributed by atoms with Gasteiger partial charge in [0.25, 0.3) is 10.1 Å². The van der Waals surface area contributed by atoms with Crippen LogP contribution in [0.5, 0.6) is 5.75 Å². The molecule has 0 fully saturated rings. The molecule has 0 amide bonds. The third-order valence-electron chi connectivity index (χ3n) is 1.21. The molecule has 0 aromatic heterocycles. The first kappa shape index (κ1) is 9.75. The zero-order valence-electron chi connectivity index (χ0n) is 5.77. The van der Waals surface area contributed by atoms with Crippen LogP contribution < -0.4 is 3.07 Å². The van der Waals surface area contributed by atoms with Crippen LogP contribution in [0, 0.1) is 0 Å². The SMILES string of the molecule is O=S(=O)(O)c1ccccc1OI. The van der Waals surface area contributed by atoms with Gasteiger partial charge in [-0.2, -0.15) is 8.42 Å². The molecular formula is C6H5IO4S. The van der Waals surface area contributed by atoms with E-state index >= 15 is 0 Å². The Hall–Kier alpha value is -0.340. The molecular weight excluding hydrogens is 295 g/mol. The highest BCUT2D eigenvalue weighted by molar-refractivity contribution is 14.1. The number of benzene rings is 1. The maximum atomic E-state index is 10.7. The predicted molar refractivity (Wildman–Crippen MR) is 50.9 cm³/mol. The predicted octanol–water partition coefficient (Wildman–Crippen LogP) is 1.66. The molecule has 0 aliphatic rings. The molecule has 0 aliphatic heterocycles. The minimum absolute atomic E-state index is 0.126. The van der Waals surface area contributed by atoms with Gasteiger partial charge in [0.1, 0.15) is 4.90 Å². The smallest absolute Gasteiger partial charge is 0.298 e. The fraction of sp³-hybridized carbons (Fsp3) is 0. The average Bonchev–Trinajstić information content (AvgIpc) is 2.03. The summed E-state index contributed by atoms with van der Waals surface area (Å²) < 4.78 is 34.8. The Bertz CT molecular complexity index is 373. The number of halogens is 1. The fourth-order valence-corrected chi connectivity index (χ4v) is 1.87. The molecule has 0 heterocycles. The number of rotatable bonds is 2. The highest BCUT2D eigenvalue weighted by Gasteiger charge is 2.14. The quantitative estimate of drug-likeness (QED) is 0.666. The number of hydrogen-bond donors (Lipinski definition) is 1. The summed E-state index contributed by atoms with van der Waals surface area (Å²) in [6.07, 6.45) is 0. The first-order valence-corrected chi connectivity index (χ1v) is 5.23. The van der Waals surface area contributed by atoms with Crippen molar-refractivity contribution in [1.29, 1.82) is 0 Å². The Labute approximate surface area is 84.0 Å². The van der Waals surface area contributed by atoms with Crippen LogP contribution in [-0.4, -0.2) is 13.0 Å². The van der Waals surface area contributed by atoms with E-state index in [4.69, 9.17) is 7.62 Å². The molecule has 66 valence electrons. The van der Waals surface area contributed by atoms with Crippen molar-refractivity contribution in [3.63, 3.8) is 0 Å². The number of para-hydroxylation sites is 1. The van der Waals surface area contributed by atoms with E-state index in [9.17, 15) is 8.42 Å². The van der Waals surface area contributed by atoms with Gasteiger partial charge in [-0.1, -0.05) is 12.1 Å². The van der Waals surface area contributed by atoms with Crippen molar-refractivity contribution in [1.82, 2.24) is 0 Å². The Morgan fingerprint density at radius 3 is 2.33 bits per heavy atom. The first-order valence-electron chi connectivity index (χ1n) is 2.91. The van der Waals surface area contributed by atoms with Crippen LogP contribution in [0.1, 0.15) is 0 Å². The van der Waals surface area contributed by atoms with Crippen molar-refractivity contribution < 1.29 is 16.0 Å². The summed E-state index contributed by atoms with van der Waals surface area (Å²) in [4.78, 5) is -0.223. The van der Waals surface area contributed by atoms with Crippen molar-refractivity contribution in [2.45, 2.75) is 4.90 Å². The average molecular weight is 300 g/mol. The van der Waals surface area contributed by atoms with E-state index in [-0.39, 0.29) is 10.6 Å². The molecule has 6 heteroatoms. The van der Waals surface area contributed by atoms with E-state index in [1.807, 2.05) is 0 Å². The lowest BCUT2D eigenvalue weighted by Crippen LogP contribution is -1.99. The van der Waals surface area contributed by atoms with E-state index in [0.29, 0.717) is 0 Å². The van der Waals surface area contributed by atoms with Gasteiger partial charge in [0.2, 0.25) is 0 Å². The normalized spacial score (nSPS) is 11.2. The molecule has 0 bridgehead atoms. The van der Waals surface area contributed by atoms with E-state index < -0.39 is 10.1 Å². The van der Waals surface area contributed by atoms with Gasteiger partial charge in [-0.15, -0.1) is 0 Å². The van der Waals surface area contributed by atoms with E-state index in [0.717, 1.165) is 0 Å². The first-order chi connectivity index (χ1) is 5.55. The minimum atomic E-state index is -4.18. The lowest BCUT2D eigenvalue weighted by Gasteiger charge is -2.01. The van der Waals surface area contributed by atoms with Crippen LogP contribution in [0.25, 0.3) is 0 Å². The third-order valence-corrected chi connectivity index (χ3v) is 2.58. The van der Waals surface area contributed by atoms with Crippen LogP contribution in [0.3, 0.4) is 0 Å². The fourth-order valence-electron chi connectivity index (χ4n) is 0.727. The highest BCUT2D eigenvalue weighted by atomic mass is 127. The van der Waals surface area contributed by atoms with E-state index in [2.05, 4.69) is 0 Å². The van der Waals surface area contributed by atoms with Gasteiger partial charge in [-0.3, -0.25) is 4.55 Å². The summed E-state index contributed by atoms with van der Waals surface area (Å²) >= 11 is 1.54. The Balaban J connectivity index is 3.33. The second-order valence-electron chi connectivity index (χ2n) is 2.00. The lowest BCUT2D eigenvalue weighted by molar-refractivity contribution is 0.480. The summed E-state index contributed by atoms with van der Waals surface area (Å²) in [6, 6.07) is 5.84. The zero-order chi connectivity index (χ0) is 9.19. The monoisotopic (exact) mass is 300 g/mol. The molecule has 0 saturated heterocycles. The van der Waals surface area contributed by atoms with E-state index in [1.165, 1.54) is 18.2 Å². The summed E-state index contributed by atoms with van der Waals surface area (Å²) in [5.74, 6) is 0.126. The minimum Gasteiger partial charge on any atom is -0.426 e. The van der Waals surface area contributed by atoms with Crippen molar-refractivity contribution in [3.05, 3.63) is 24.3 Å². The van der Waals surface area contributed by atoms with Crippen LogP contribution in [0.2, 0.25) is 0 Å². The van der Waals surface area contributed by atoms with Gasteiger partial charge >= 0.3 is 0 Å². The summed E-state index contributed by atoms with van der Waals surface area (Å²) in [7, 11) is -4.18. The molecule has 0 spiro atoms. The van der Waals surface area contributed by atoms with Gasteiger partial charge in [-0.05, 0) is 12.1 Å². The summed E-state index contributed by atoms with van der Waals surface area (Å²) in [5.41, 5.74) is 0. The molecule has 0 unspecified atom stereocenters. The van der Waals surface area contributed by atoms with Crippen molar-refractivity contribution in [2.24, 2.45) is 0 Å². The van der Waals surface area contributed by atoms with Gasteiger partial charge in [0, 0.05) is 0 Å². The van der Waals surface area contributed by atoms with Crippen molar-refractivity contribution in [3.8, 4) is 5.75 Å². The van der Waals surface area contributed by atoms with Crippen LogP contribution in [0.15, 0.2) is 29.2 Å². The molecule has 1 aromatic rings. The molecule has 0 saturated carbocycles. The molecule has 1 N–H and O–H groups in total. The van der Waals surface area contributed by atoms with Crippen LogP contribution in [0.4, 0.5) is 0 Å². The Kier molecular flexibility index (Phi) is 2.91. The largest absolute Gasteiger partial charge is 0.426 e. The molecule has 0 aliphatic carbocycles. The van der Waals surface area contributed by atoms with Gasteiger partial charge in [0.05, 0.1) is 0 Å². The number of hydrogen-bond acceptors (Lipinski definition) is 3.